The SMILES string of the molecule is CNCC1CCN(C(=O)CSc2nc3ccccc3s2)C1. The molecule has 3 rings (SSSR count). The molecule has 6 heteroatoms. The molecule has 1 unspecified atom stereocenters. The van der Waals surface area contributed by atoms with Crippen LogP contribution in [0.4, 0.5) is 0 Å². The predicted octanol–water partition coefficient (Wildman–Crippen LogP) is 2.46. The molecule has 112 valence electrons. The Morgan fingerprint density at radius 3 is 3.19 bits per heavy atom. The van der Waals surface area contributed by atoms with Gasteiger partial charge in [0.05, 0.1) is 16.0 Å². The first-order valence-electron chi connectivity index (χ1n) is 7.17. The van der Waals surface area contributed by atoms with Crippen molar-refractivity contribution in [3.8, 4) is 0 Å². The third-order valence-electron chi connectivity index (χ3n) is 3.72. The van der Waals surface area contributed by atoms with E-state index in [4.69, 9.17) is 0 Å². The van der Waals surface area contributed by atoms with Crippen molar-refractivity contribution in [1.29, 1.82) is 0 Å². The first-order valence-corrected chi connectivity index (χ1v) is 8.97. The second-order valence-corrected chi connectivity index (χ2v) is 7.54. The van der Waals surface area contributed by atoms with E-state index in [0.29, 0.717) is 11.7 Å². The van der Waals surface area contributed by atoms with Crippen molar-refractivity contribution in [2.45, 2.75) is 10.8 Å². The van der Waals surface area contributed by atoms with Crippen LogP contribution in [0, 0.1) is 5.92 Å². The number of rotatable bonds is 5. The molecular formula is C15H19N3OS2. The van der Waals surface area contributed by atoms with E-state index in [0.717, 1.165) is 35.9 Å². The summed E-state index contributed by atoms with van der Waals surface area (Å²) in [4.78, 5) is 18.8. The zero-order valence-electron chi connectivity index (χ0n) is 12.0. The number of nitrogens with zero attached hydrogens (tertiary/aromatic N) is 2. The van der Waals surface area contributed by atoms with E-state index in [1.54, 1.807) is 23.1 Å². The number of thiazole rings is 1. The maximum absolute atomic E-state index is 12.2. The van der Waals surface area contributed by atoms with Gasteiger partial charge in [0.25, 0.3) is 0 Å². The van der Waals surface area contributed by atoms with Crippen molar-refractivity contribution >= 4 is 39.2 Å². The lowest BCUT2D eigenvalue weighted by molar-refractivity contribution is -0.127. The molecule has 4 nitrogen and oxygen atoms in total. The number of aromatic nitrogens is 1. The zero-order chi connectivity index (χ0) is 14.7. The molecule has 0 saturated carbocycles. The fourth-order valence-electron chi connectivity index (χ4n) is 2.64. The van der Waals surface area contributed by atoms with Gasteiger partial charge in [-0.3, -0.25) is 4.79 Å². The molecule has 0 bridgehead atoms. The predicted molar refractivity (Wildman–Crippen MR) is 89.0 cm³/mol. The zero-order valence-corrected chi connectivity index (χ0v) is 13.7. The third kappa shape index (κ3) is 3.56. The fraction of sp³-hybridized carbons (Fsp3) is 0.467. The lowest BCUT2D eigenvalue weighted by Gasteiger charge is -2.15. The maximum Gasteiger partial charge on any atom is 0.233 e. The lowest BCUT2D eigenvalue weighted by atomic mass is 10.1. The highest BCUT2D eigenvalue weighted by atomic mass is 32.2. The Morgan fingerprint density at radius 2 is 2.38 bits per heavy atom. The molecule has 0 radical (unpaired) electrons. The number of para-hydroxylation sites is 1. The van der Waals surface area contributed by atoms with Gasteiger partial charge in [0.1, 0.15) is 0 Å². The van der Waals surface area contributed by atoms with Crippen molar-refractivity contribution in [2.24, 2.45) is 5.92 Å². The molecule has 1 saturated heterocycles. The highest BCUT2D eigenvalue weighted by molar-refractivity contribution is 8.01. The largest absolute Gasteiger partial charge is 0.342 e. The summed E-state index contributed by atoms with van der Waals surface area (Å²) in [6.45, 7) is 2.78. The topological polar surface area (TPSA) is 45.2 Å². The quantitative estimate of drug-likeness (QED) is 0.859. The Morgan fingerprint density at radius 1 is 1.52 bits per heavy atom. The average Bonchev–Trinajstić information content (AvgIpc) is 3.11. The summed E-state index contributed by atoms with van der Waals surface area (Å²) in [6, 6.07) is 8.10. The number of hydrogen-bond donors (Lipinski definition) is 1. The summed E-state index contributed by atoms with van der Waals surface area (Å²) in [5.74, 6) is 1.33. The molecule has 0 aliphatic carbocycles. The van der Waals surface area contributed by atoms with Crippen LogP contribution in [0.15, 0.2) is 28.6 Å². The third-order valence-corrected chi connectivity index (χ3v) is 5.89. The molecule has 1 atom stereocenters. The normalized spacial score (nSPS) is 18.5. The van der Waals surface area contributed by atoms with E-state index in [-0.39, 0.29) is 5.91 Å². The van der Waals surface area contributed by atoms with E-state index >= 15 is 0 Å². The van der Waals surface area contributed by atoms with Crippen LogP contribution in [0.3, 0.4) is 0 Å². The molecule has 1 amide bonds. The Balaban J connectivity index is 1.54. The molecule has 2 heterocycles. The summed E-state index contributed by atoms with van der Waals surface area (Å²) in [5, 5.41) is 3.19. The van der Waals surface area contributed by atoms with Crippen LogP contribution < -0.4 is 5.32 Å². The number of benzene rings is 1. The molecule has 1 N–H and O–H groups in total. The molecule has 21 heavy (non-hydrogen) atoms. The number of fused-ring (bicyclic) bond motifs is 1. The number of carbonyl (C=O) groups excluding carboxylic acids is 1. The Bertz CT molecular complexity index is 595. The van der Waals surface area contributed by atoms with Gasteiger partial charge in [-0.2, -0.15) is 0 Å². The smallest absolute Gasteiger partial charge is 0.233 e. The standard InChI is InChI=1S/C15H19N3OS2/c1-16-8-11-6-7-18(9-11)14(19)10-20-15-17-12-4-2-3-5-13(12)21-15/h2-5,11,16H,6-10H2,1H3. The van der Waals surface area contributed by atoms with Crippen LogP contribution in [0.5, 0.6) is 0 Å². The van der Waals surface area contributed by atoms with Crippen molar-refractivity contribution in [2.75, 3.05) is 32.4 Å². The van der Waals surface area contributed by atoms with Gasteiger partial charge in [-0.25, -0.2) is 4.98 Å². The molecule has 1 aromatic carbocycles. The maximum atomic E-state index is 12.2. The molecule has 1 aromatic heterocycles. The second kappa shape index (κ2) is 6.77. The van der Waals surface area contributed by atoms with Gasteiger partial charge in [-0.15, -0.1) is 11.3 Å². The van der Waals surface area contributed by atoms with Crippen LogP contribution >= 0.6 is 23.1 Å². The molecule has 2 aromatic rings. The molecule has 1 aliphatic rings. The first-order chi connectivity index (χ1) is 10.3. The van der Waals surface area contributed by atoms with E-state index in [1.807, 2.05) is 30.1 Å². The van der Waals surface area contributed by atoms with Gasteiger partial charge < -0.3 is 10.2 Å². The van der Waals surface area contributed by atoms with Crippen molar-refractivity contribution < 1.29 is 4.79 Å². The van der Waals surface area contributed by atoms with Gasteiger partial charge in [-0.05, 0) is 38.1 Å². The van der Waals surface area contributed by atoms with Crippen LogP contribution in [-0.4, -0.2) is 48.2 Å². The number of nitrogens with one attached hydrogen (secondary N) is 1. The van der Waals surface area contributed by atoms with E-state index in [1.165, 1.54) is 4.70 Å². The van der Waals surface area contributed by atoms with Crippen LogP contribution in [0.25, 0.3) is 10.2 Å². The van der Waals surface area contributed by atoms with E-state index in [9.17, 15) is 4.79 Å². The Hall–Kier alpha value is -1.11. The minimum absolute atomic E-state index is 0.234. The van der Waals surface area contributed by atoms with Gasteiger partial charge in [0.2, 0.25) is 5.91 Å². The minimum atomic E-state index is 0.234. The molecular weight excluding hydrogens is 302 g/mol. The average molecular weight is 321 g/mol. The number of likely N-dealkylation sites (tertiary alicyclic amines) is 1. The number of hydrogen-bond acceptors (Lipinski definition) is 5. The highest BCUT2D eigenvalue weighted by Crippen LogP contribution is 2.29. The Labute approximate surface area is 132 Å². The van der Waals surface area contributed by atoms with Gasteiger partial charge >= 0.3 is 0 Å². The molecule has 1 aliphatic heterocycles. The number of carbonyl (C=O) groups is 1. The number of amides is 1. The van der Waals surface area contributed by atoms with Crippen molar-refractivity contribution in [3.05, 3.63) is 24.3 Å². The van der Waals surface area contributed by atoms with Gasteiger partial charge in [0, 0.05) is 13.1 Å². The highest BCUT2D eigenvalue weighted by Gasteiger charge is 2.25. The van der Waals surface area contributed by atoms with Gasteiger partial charge in [-0.1, -0.05) is 23.9 Å². The lowest BCUT2D eigenvalue weighted by Crippen LogP contribution is -2.31. The Kier molecular flexibility index (Phi) is 4.77. The van der Waals surface area contributed by atoms with Crippen molar-refractivity contribution in [1.82, 2.24) is 15.2 Å². The van der Waals surface area contributed by atoms with Crippen LogP contribution in [0.1, 0.15) is 6.42 Å². The van der Waals surface area contributed by atoms with E-state index in [2.05, 4.69) is 16.4 Å². The minimum Gasteiger partial charge on any atom is -0.342 e. The second-order valence-electron chi connectivity index (χ2n) is 5.29. The van der Waals surface area contributed by atoms with Crippen LogP contribution in [-0.2, 0) is 4.79 Å². The summed E-state index contributed by atoms with van der Waals surface area (Å²) < 4.78 is 2.17. The molecule has 0 spiro atoms. The summed E-state index contributed by atoms with van der Waals surface area (Å²) in [6.07, 6.45) is 1.11. The first kappa shape index (κ1) is 14.8. The summed E-state index contributed by atoms with van der Waals surface area (Å²) in [5.41, 5.74) is 1.02. The number of thioether (sulfide) groups is 1. The molecule has 1 fully saturated rings. The monoisotopic (exact) mass is 321 g/mol. The van der Waals surface area contributed by atoms with E-state index < -0.39 is 0 Å². The fourth-order valence-corrected chi connectivity index (χ4v) is 4.61. The summed E-state index contributed by atoms with van der Waals surface area (Å²) >= 11 is 3.22. The summed E-state index contributed by atoms with van der Waals surface area (Å²) in [7, 11) is 1.97. The van der Waals surface area contributed by atoms with Crippen LogP contribution in [0.2, 0.25) is 0 Å². The van der Waals surface area contributed by atoms with Crippen molar-refractivity contribution in [3.63, 3.8) is 0 Å². The van der Waals surface area contributed by atoms with Gasteiger partial charge in [0.15, 0.2) is 4.34 Å².